The van der Waals surface area contributed by atoms with E-state index in [0.29, 0.717) is 6.61 Å². The molecule has 1 amide bonds. The molecule has 0 saturated carbocycles. The van der Waals surface area contributed by atoms with Crippen molar-refractivity contribution in [2.75, 3.05) is 6.61 Å². The predicted molar refractivity (Wildman–Crippen MR) is 98.6 cm³/mol. The number of H-pyrrole nitrogens is 1. The minimum atomic E-state index is -0.223. The van der Waals surface area contributed by atoms with Gasteiger partial charge in [-0.3, -0.25) is 4.90 Å². The van der Waals surface area contributed by atoms with Crippen molar-refractivity contribution in [2.45, 2.75) is 32.4 Å². The summed E-state index contributed by atoms with van der Waals surface area (Å²) in [5.41, 5.74) is 4.70. The van der Waals surface area contributed by atoms with Gasteiger partial charge in [-0.05, 0) is 37.5 Å². The van der Waals surface area contributed by atoms with E-state index in [-0.39, 0.29) is 18.2 Å². The number of aromatic nitrogens is 1. The molecule has 3 aromatic rings. The van der Waals surface area contributed by atoms with E-state index < -0.39 is 0 Å². The smallest absolute Gasteiger partial charge is 0.410 e. The van der Waals surface area contributed by atoms with Gasteiger partial charge in [0, 0.05) is 16.6 Å². The number of carbonyl (C=O) groups is 1. The molecule has 1 fully saturated rings. The molecule has 0 unspecified atom stereocenters. The number of amides is 1. The number of fused-ring (bicyclic) bond motifs is 1. The van der Waals surface area contributed by atoms with Gasteiger partial charge in [0.2, 0.25) is 0 Å². The highest BCUT2D eigenvalue weighted by Gasteiger charge is 2.37. The summed E-state index contributed by atoms with van der Waals surface area (Å²) in [5.74, 6) is 0. The Balaban J connectivity index is 1.65. The van der Waals surface area contributed by atoms with Crippen LogP contribution in [0, 0.1) is 6.92 Å². The van der Waals surface area contributed by atoms with Gasteiger partial charge in [0.15, 0.2) is 0 Å². The van der Waals surface area contributed by atoms with Crippen LogP contribution < -0.4 is 0 Å². The van der Waals surface area contributed by atoms with Crippen molar-refractivity contribution in [1.82, 2.24) is 9.88 Å². The van der Waals surface area contributed by atoms with Gasteiger partial charge in [-0.25, -0.2) is 4.79 Å². The van der Waals surface area contributed by atoms with Crippen LogP contribution in [0.3, 0.4) is 0 Å². The van der Waals surface area contributed by atoms with Gasteiger partial charge in [-0.15, -0.1) is 0 Å². The van der Waals surface area contributed by atoms with E-state index in [4.69, 9.17) is 4.74 Å². The van der Waals surface area contributed by atoms with E-state index in [1.165, 1.54) is 10.9 Å². The van der Waals surface area contributed by atoms with E-state index in [1.807, 2.05) is 29.2 Å². The van der Waals surface area contributed by atoms with Crippen molar-refractivity contribution < 1.29 is 9.53 Å². The molecule has 4 nitrogen and oxygen atoms in total. The zero-order valence-corrected chi connectivity index (χ0v) is 14.5. The quantitative estimate of drug-likeness (QED) is 0.758. The first-order valence-electron chi connectivity index (χ1n) is 8.71. The van der Waals surface area contributed by atoms with Gasteiger partial charge < -0.3 is 9.72 Å². The van der Waals surface area contributed by atoms with Crippen LogP contribution in [-0.4, -0.2) is 28.6 Å². The second-order valence-corrected chi connectivity index (χ2v) is 6.70. The number of carbonyl (C=O) groups excluding carboxylic acids is 1. The summed E-state index contributed by atoms with van der Waals surface area (Å²) in [6, 6.07) is 18.5. The number of aryl methyl sites for hydroxylation is 1. The Bertz CT molecular complexity index is 901. The predicted octanol–water partition coefficient (Wildman–Crippen LogP) is 4.60. The third kappa shape index (κ3) is 2.78. The van der Waals surface area contributed by atoms with Crippen molar-refractivity contribution in [3.8, 4) is 0 Å². The molecule has 0 bridgehead atoms. The molecule has 1 aliphatic rings. The van der Waals surface area contributed by atoms with Gasteiger partial charge in [0.1, 0.15) is 6.61 Å². The van der Waals surface area contributed by atoms with Crippen LogP contribution >= 0.6 is 0 Å². The Morgan fingerprint density at radius 3 is 2.68 bits per heavy atom. The van der Waals surface area contributed by atoms with Crippen LogP contribution in [0.5, 0.6) is 0 Å². The molecule has 1 N–H and O–H groups in total. The van der Waals surface area contributed by atoms with Gasteiger partial charge in [0.25, 0.3) is 0 Å². The van der Waals surface area contributed by atoms with Crippen LogP contribution in [-0.2, 0) is 11.2 Å². The van der Waals surface area contributed by atoms with Gasteiger partial charge in [-0.2, -0.15) is 0 Å². The van der Waals surface area contributed by atoms with Gasteiger partial charge >= 0.3 is 6.09 Å². The number of para-hydroxylation sites is 1. The van der Waals surface area contributed by atoms with Crippen LogP contribution in [0.2, 0.25) is 0 Å². The first-order chi connectivity index (χ1) is 12.1. The Morgan fingerprint density at radius 1 is 1.16 bits per heavy atom. The molecule has 25 heavy (non-hydrogen) atoms. The molecular weight excluding hydrogens is 312 g/mol. The molecule has 2 heterocycles. The molecule has 1 saturated heterocycles. The fourth-order valence-corrected chi connectivity index (χ4v) is 3.83. The lowest BCUT2D eigenvalue weighted by atomic mass is 10.00. The van der Waals surface area contributed by atoms with Gasteiger partial charge in [0.05, 0.1) is 12.1 Å². The fraction of sp³-hybridized carbons (Fsp3) is 0.286. The number of hydrogen-bond donors (Lipinski definition) is 1. The van der Waals surface area contributed by atoms with Crippen molar-refractivity contribution in [3.63, 3.8) is 0 Å². The lowest BCUT2D eigenvalue weighted by molar-refractivity contribution is 0.147. The number of benzene rings is 2. The molecule has 1 aliphatic heterocycles. The van der Waals surface area contributed by atoms with Crippen LogP contribution in [0.4, 0.5) is 4.79 Å². The summed E-state index contributed by atoms with van der Waals surface area (Å²) in [7, 11) is 0. The van der Waals surface area contributed by atoms with Crippen molar-refractivity contribution >= 4 is 17.0 Å². The minimum Gasteiger partial charge on any atom is -0.447 e. The largest absolute Gasteiger partial charge is 0.447 e. The summed E-state index contributed by atoms with van der Waals surface area (Å²) in [6.07, 6.45) is 0.567. The second-order valence-electron chi connectivity index (χ2n) is 6.70. The lowest BCUT2D eigenvalue weighted by Crippen LogP contribution is -2.37. The summed E-state index contributed by atoms with van der Waals surface area (Å²) < 4.78 is 5.40. The molecule has 2 atom stereocenters. The average molecular weight is 334 g/mol. The highest BCUT2D eigenvalue weighted by molar-refractivity contribution is 5.84. The van der Waals surface area contributed by atoms with Crippen molar-refractivity contribution in [2.24, 2.45) is 0 Å². The van der Waals surface area contributed by atoms with E-state index in [9.17, 15) is 4.79 Å². The van der Waals surface area contributed by atoms with Gasteiger partial charge in [-0.1, -0.05) is 48.5 Å². The highest BCUT2D eigenvalue weighted by Crippen LogP contribution is 2.31. The number of nitrogens with zero attached hydrogens (tertiary/aromatic N) is 1. The molecular formula is C21H22N2O2. The van der Waals surface area contributed by atoms with E-state index in [0.717, 1.165) is 23.2 Å². The van der Waals surface area contributed by atoms with Crippen LogP contribution in [0.25, 0.3) is 10.9 Å². The van der Waals surface area contributed by atoms with E-state index in [2.05, 4.69) is 49.2 Å². The molecule has 4 heteroatoms. The Kier molecular flexibility index (Phi) is 3.96. The molecule has 0 radical (unpaired) electrons. The monoisotopic (exact) mass is 334 g/mol. The normalized spacial score (nSPS) is 18.6. The maximum absolute atomic E-state index is 12.4. The number of hydrogen-bond acceptors (Lipinski definition) is 2. The summed E-state index contributed by atoms with van der Waals surface area (Å²) >= 11 is 0. The lowest BCUT2D eigenvalue weighted by Gasteiger charge is -2.28. The van der Waals surface area contributed by atoms with E-state index in [1.54, 1.807) is 0 Å². The Labute approximate surface area is 147 Å². The fourth-order valence-electron chi connectivity index (χ4n) is 3.83. The third-order valence-corrected chi connectivity index (χ3v) is 5.17. The number of cyclic esters (lactones) is 1. The first-order valence-corrected chi connectivity index (χ1v) is 8.71. The minimum absolute atomic E-state index is 0.00767. The molecule has 0 spiro atoms. The number of ether oxygens (including phenoxy) is 1. The van der Waals surface area contributed by atoms with E-state index >= 15 is 0 Å². The molecule has 0 aliphatic carbocycles. The highest BCUT2D eigenvalue weighted by atomic mass is 16.6. The number of aromatic amines is 1. The molecule has 4 rings (SSSR count). The SMILES string of the molecule is Cc1[nH]c2ccccc2c1C[C@H]1COC(=O)N1[C@@H](C)c1ccccc1. The van der Waals surface area contributed by atoms with Crippen LogP contribution in [0.1, 0.15) is 29.8 Å². The third-order valence-electron chi connectivity index (χ3n) is 5.17. The summed E-state index contributed by atoms with van der Waals surface area (Å²) in [6.45, 7) is 4.60. The zero-order chi connectivity index (χ0) is 17.4. The maximum Gasteiger partial charge on any atom is 0.410 e. The molecule has 128 valence electrons. The Hall–Kier alpha value is -2.75. The molecule has 2 aromatic carbocycles. The molecule has 1 aromatic heterocycles. The first kappa shape index (κ1) is 15.8. The van der Waals surface area contributed by atoms with Crippen LogP contribution in [0.15, 0.2) is 54.6 Å². The second kappa shape index (κ2) is 6.28. The van der Waals surface area contributed by atoms with Crippen molar-refractivity contribution in [1.29, 1.82) is 0 Å². The standard InChI is InChI=1S/C21H22N2O2/c1-14-19(18-10-6-7-11-20(18)22-14)12-17-13-25-21(24)23(17)15(2)16-8-4-3-5-9-16/h3-11,15,17,22H,12-13H2,1-2H3/t15-,17-/m0/s1. The topological polar surface area (TPSA) is 45.3 Å². The number of rotatable bonds is 4. The zero-order valence-electron chi connectivity index (χ0n) is 14.5. The van der Waals surface area contributed by atoms with Crippen molar-refractivity contribution in [3.05, 3.63) is 71.4 Å². The summed E-state index contributed by atoms with van der Waals surface area (Å²) in [4.78, 5) is 17.7. The summed E-state index contributed by atoms with van der Waals surface area (Å²) in [5, 5.41) is 1.23. The maximum atomic E-state index is 12.4. The number of nitrogens with one attached hydrogen (secondary N) is 1. The average Bonchev–Trinajstić information content (AvgIpc) is 3.15. The Morgan fingerprint density at radius 2 is 1.88 bits per heavy atom.